The van der Waals surface area contributed by atoms with Crippen LogP contribution in [0.25, 0.3) is 0 Å². The Balaban J connectivity index is 2.48. The van der Waals surface area contributed by atoms with E-state index in [-0.39, 0.29) is 0 Å². The first kappa shape index (κ1) is 15.0. The molecule has 0 fully saturated rings. The second-order valence-electron chi connectivity index (χ2n) is 3.72. The van der Waals surface area contributed by atoms with Gasteiger partial charge in [0.25, 0.3) is 0 Å². The third kappa shape index (κ3) is 4.99. The molecule has 0 bridgehead atoms. The van der Waals surface area contributed by atoms with E-state index < -0.39 is 12.0 Å². The van der Waals surface area contributed by atoms with E-state index in [9.17, 15) is 4.79 Å². The molecule has 1 aromatic rings. The van der Waals surface area contributed by atoms with E-state index in [4.69, 9.17) is 5.11 Å². The van der Waals surface area contributed by atoms with Gasteiger partial charge in [-0.25, -0.2) is 0 Å². The van der Waals surface area contributed by atoms with Gasteiger partial charge in [0.05, 0.1) is 3.79 Å². The highest BCUT2D eigenvalue weighted by Gasteiger charge is 2.16. The van der Waals surface area contributed by atoms with Crippen LogP contribution in [-0.2, 0) is 11.3 Å². The number of carboxylic acids is 1. The zero-order chi connectivity index (χ0) is 12.8. The lowest BCUT2D eigenvalue weighted by Crippen LogP contribution is -2.36. The Hall–Kier alpha value is -0.0400. The molecule has 0 saturated carbocycles. The van der Waals surface area contributed by atoms with Gasteiger partial charge in [-0.1, -0.05) is 0 Å². The van der Waals surface area contributed by atoms with Gasteiger partial charge in [0.2, 0.25) is 0 Å². The van der Waals surface area contributed by atoms with Crippen molar-refractivity contribution in [3.63, 3.8) is 0 Å². The van der Waals surface area contributed by atoms with E-state index in [0.29, 0.717) is 13.0 Å². The molecular formula is C11H16BrNO2S2. The Labute approximate surface area is 118 Å². The minimum atomic E-state index is -0.772. The topological polar surface area (TPSA) is 49.3 Å². The van der Waals surface area contributed by atoms with Crippen molar-refractivity contribution < 1.29 is 9.90 Å². The molecule has 0 radical (unpaired) electrons. The minimum Gasteiger partial charge on any atom is -0.480 e. The molecule has 0 saturated heterocycles. The van der Waals surface area contributed by atoms with Crippen LogP contribution in [0.3, 0.4) is 0 Å². The van der Waals surface area contributed by atoms with E-state index in [0.717, 1.165) is 14.4 Å². The van der Waals surface area contributed by atoms with Crippen molar-refractivity contribution in [3.05, 3.63) is 20.3 Å². The molecule has 6 heteroatoms. The smallest absolute Gasteiger partial charge is 0.320 e. The van der Waals surface area contributed by atoms with Gasteiger partial charge >= 0.3 is 5.97 Å². The maximum absolute atomic E-state index is 11.0. The molecule has 1 heterocycles. The first-order valence-electron chi connectivity index (χ1n) is 5.24. The van der Waals surface area contributed by atoms with E-state index in [1.165, 1.54) is 5.56 Å². The lowest BCUT2D eigenvalue weighted by atomic mass is 10.2. The molecule has 3 nitrogen and oxygen atoms in total. The maximum Gasteiger partial charge on any atom is 0.320 e. The molecule has 0 spiro atoms. The molecule has 0 aromatic carbocycles. The Morgan fingerprint density at radius 3 is 2.88 bits per heavy atom. The van der Waals surface area contributed by atoms with Crippen LogP contribution in [-0.4, -0.2) is 29.1 Å². The Morgan fingerprint density at radius 2 is 2.41 bits per heavy atom. The van der Waals surface area contributed by atoms with Crippen molar-refractivity contribution in [2.24, 2.45) is 0 Å². The largest absolute Gasteiger partial charge is 0.480 e. The highest BCUT2D eigenvalue weighted by atomic mass is 79.9. The summed E-state index contributed by atoms with van der Waals surface area (Å²) < 4.78 is 1.12. The predicted molar refractivity (Wildman–Crippen MR) is 78.0 cm³/mol. The summed E-state index contributed by atoms with van der Waals surface area (Å²) in [5, 5.41) is 12.1. The summed E-state index contributed by atoms with van der Waals surface area (Å²) in [6.45, 7) is 2.65. The molecule has 0 aliphatic rings. The van der Waals surface area contributed by atoms with E-state index in [1.54, 1.807) is 23.1 Å². The monoisotopic (exact) mass is 337 g/mol. The summed E-state index contributed by atoms with van der Waals surface area (Å²) >= 11 is 6.78. The molecule has 2 N–H and O–H groups in total. The highest BCUT2D eigenvalue weighted by Crippen LogP contribution is 2.27. The van der Waals surface area contributed by atoms with E-state index in [1.807, 2.05) is 13.2 Å². The molecule has 1 atom stereocenters. The molecular weight excluding hydrogens is 322 g/mol. The number of hydrogen-bond donors (Lipinski definition) is 2. The van der Waals surface area contributed by atoms with Crippen molar-refractivity contribution in [1.82, 2.24) is 5.32 Å². The Bertz CT molecular complexity index is 362. The molecule has 0 aliphatic heterocycles. The summed E-state index contributed by atoms with van der Waals surface area (Å²) in [7, 11) is 0. The number of carboxylic acid groups (broad SMARTS) is 1. The molecule has 96 valence electrons. The Morgan fingerprint density at radius 1 is 1.71 bits per heavy atom. The number of thioether (sulfide) groups is 1. The van der Waals surface area contributed by atoms with E-state index >= 15 is 0 Å². The van der Waals surface area contributed by atoms with Crippen LogP contribution >= 0.6 is 39.0 Å². The normalized spacial score (nSPS) is 12.6. The molecule has 0 unspecified atom stereocenters. The first-order valence-corrected chi connectivity index (χ1v) is 8.25. The summed E-state index contributed by atoms with van der Waals surface area (Å²) in [6, 6.07) is 1.62. The lowest BCUT2D eigenvalue weighted by Gasteiger charge is -2.12. The average Bonchev–Trinajstić information content (AvgIpc) is 2.58. The molecule has 17 heavy (non-hydrogen) atoms. The Kier molecular flexibility index (Phi) is 6.54. The van der Waals surface area contributed by atoms with Gasteiger partial charge < -0.3 is 5.11 Å². The standard InChI is InChI=1S/C11H16BrNO2S2/c1-7-5-8(17-10(7)12)6-13-9(11(14)15)3-4-16-2/h5,9,13H,3-4,6H2,1-2H3,(H,14,15)/t9-/m1/s1. The highest BCUT2D eigenvalue weighted by molar-refractivity contribution is 9.11. The molecule has 1 rings (SSSR count). The van der Waals surface area contributed by atoms with Gasteiger partial charge in [-0.15, -0.1) is 11.3 Å². The predicted octanol–water partition coefficient (Wildman–Crippen LogP) is 3.11. The second kappa shape index (κ2) is 7.41. The SMILES string of the molecule is CSCC[C@@H](NCc1cc(C)c(Br)s1)C(=O)O. The average molecular weight is 338 g/mol. The maximum atomic E-state index is 11.0. The molecule has 0 aliphatic carbocycles. The van der Waals surface area contributed by atoms with Crippen molar-refractivity contribution in [3.8, 4) is 0 Å². The quantitative estimate of drug-likeness (QED) is 0.802. The molecule has 0 amide bonds. The van der Waals surface area contributed by atoms with E-state index in [2.05, 4.69) is 27.3 Å². The summed E-state index contributed by atoms with van der Waals surface area (Å²) in [6.07, 6.45) is 2.64. The fraction of sp³-hybridized carbons (Fsp3) is 0.545. The number of aryl methyl sites for hydroxylation is 1. The number of nitrogens with one attached hydrogen (secondary N) is 1. The fourth-order valence-corrected chi connectivity index (χ4v) is 3.43. The van der Waals surface area contributed by atoms with Crippen molar-refractivity contribution in [2.45, 2.75) is 25.9 Å². The van der Waals surface area contributed by atoms with Gasteiger partial charge in [-0.2, -0.15) is 11.8 Å². The van der Waals surface area contributed by atoms with Gasteiger partial charge in [0, 0.05) is 11.4 Å². The fourth-order valence-electron chi connectivity index (χ4n) is 1.38. The van der Waals surface area contributed by atoms with Gasteiger partial charge in [0.15, 0.2) is 0 Å². The van der Waals surface area contributed by atoms with Crippen LogP contribution in [0.5, 0.6) is 0 Å². The number of thiophene rings is 1. The number of carbonyl (C=O) groups is 1. The zero-order valence-electron chi connectivity index (χ0n) is 9.83. The number of rotatable bonds is 7. The third-order valence-electron chi connectivity index (χ3n) is 2.34. The summed E-state index contributed by atoms with van der Waals surface area (Å²) in [5.74, 6) is 0.0864. The summed E-state index contributed by atoms with van der Waals surface area (Å²) in [5.41, 5.74) is 1.20. The van der Waals surface area contributed by atoms with Crippen molar-refractivity contribution in [2.75, 3.05) is 12.0 Å². The second-order valence-corrected chi connectivity index (χ2v) is 7.16. The zero-order valence-corrected chi connectivity index (χ0v) is 13.0. The van der Waals surface area contributed by atoms with Crippen LogP contribution < -0.4 is 5.32 Å². The van der Waals surface area contributed by atoms with Crippen molar-refractivity contribution >= 4 is 45.0 Å². The summed E-state index contributed by atoms with van der Waals surface area (Å²) in [4.78, 5) is 12.2. The van der Waals surface area contributed by atoms with Crippen LogP contribution in [0.15, 0.2) is 9.85 Å². The third-order valence-corrected chi connectivity index (χ3v) is 5.12. The van der Waals surface area contributed by atoms with Crippen molar-refractivity contribution in [1.29, 1.82) is 0 Å². The number of halogens is 1. The van der Waals surface area contributed by atoms with Gasteiger partial charge in [-0.05, 0) is 52.9 Å². The van der Waals surface area contributed by atoms with Gasteiger partial charge in [0.1, 0.15) is 6.04 Å². The number of hydrogen-bond acceptors (Lipinski definition) is 4. The molecule has 1 aromatic heterocycles. The van der Waals surface area contributed by atoms with Crippen LogP contribution in [0.1, 0.15) is 16.9 Å². The number of aliphatic carboxylic acids is 1. The van der Waals surface area contributed by atoms with Crippen LogP contribution in [0.2, 0.25) is 0 Å². The first-order chi connectivity index (χ1) is 8.04. The van der Waals surface area contributed by atoms with Crippen LogP contribution in [0.4, 0.5) is 0 Å². The van der Waals surface area contributed by atoms with Gasteiger partial charge in [-0.3, -0.25) is 10.1 Å². The van der Waals surface area contributed by atoms with Crippen LogP contribution in [0, 0.1) is 6.92 Å². The minimum absolute atomic E-state index is 0.455. The lowest BCUT2D eigenvalue weighted by molar-refractivity contribution is -0.139.